The predicted molar refractivity (Wildman–Crippen MR) is 92.0 cm³/mol. The smallest absolute Gasteiger partial charge is 0.224 e. The lowest BCUT2D eigenvalue weighted by molar-refractivity contribution is -0.129. The van der Waals surface area contributed by atoms with Crippen molar-refractivity contribution in [3.8, 4) is 0 Å². The van der Waals surface area contributed by atoms with Gasteiger partial charge in [-0.3, -0.25) is 4.79 Å². The Kier molecular flexibility index (Phi) is 4.94. The molecule has 1 fully saturated rings. The van der Waals surface area contributed by atoms with Crippen molar-refractivity contribution in [1.82, 2.24) is 10.6 Å². The van der Waals surface area contributed by atoms with E-state index in [-0.39, 0.29) is 17.9 Å². The van der Waals surface area contributed by atoms with Crippen LogP contribution in [0.1, 0.15) is 31.4 Å². The van der Waals surface area contributed by atoms with E-state index in [1.807, 2.05) is 0 Å². The zero-order valence-electron chi connectivity index (χ0n) is 13.7. The van der Waals surface area contributed by atoms with Gasteiger partial charge < -0.3 is 15.4 Å². The fraction of sp³-hybridized carbons (Fsp3) is 0.421. The molecule has 0 aliphatic heterocycles. The molecule has 1 amide bonds. The molecule has 4 nitrogen and oxygen atoms in total. The van der Waals surface area contributed by atoms with Gasteiger partial charge in [-0.1, -0.05) is 42.5 Å². The summed E-state index contributed by atoms with van der Waals surface area (Å²) in [4.78, 5) is 11.8. The monoisotopic (exact) mass is 312 g/mol. The topological polar surface area (TPSA) is 50.4 Å². The molecule has 0 bridgehead atoms. The summed E-state index contributed by atoms with van der Waals surface area (Å²) in [6, 6.07) is 15.6. The Bertz CT molecular complexity index is 675. The molecule has 0 radical (unpaired) electrons. The second-order valence-corrected chi connectivity index (χ2v) is 6.30. The van der Waals surface area contributed by atoms with Crippen LogP contribution in [0.2, 0.25) is 0 Å². The molecule has 3 rings (SSSR count). The maximum Gasteiger partial charge on any atom is 0.224 e. The fourth-order valence-corrected chi connectivity index (χ4v) is 3.33. The van der Waals surface area contributed by atoms with Crippen molar-refractivity contribution in [2.45, 2.75) is 31.8 Å². The van der Waals surface area contributed by atoms with E-state index in [1.165, 1.54) is 16.3 Å². The number of hydrogen-bond acceptors (Lipinski definition) is 3. The van der Waals surface area contributed by atoms with Crippen LogP contribution in [0.15, 0.2) is 42.5 Å². The first-order chi connectivity index (χ1) is 11.2. The Morgan fingerprint density at radius 3 is 2.74 bits per heavy atom. The average Bonchev–Trinajstić information content (AvgIpc) is 2.54. The summed E-state index contributed by atoms with van der Waals surface area (Å²) >= 11 is 0. The van der Waals surface area contributed by atoms with Crippen LogP contribution in [0.5, 0.6) is 0 Å². The Labute approximate surface area is 137 Å². The van der Waals surface area contributed by atoms with Gasteiger partial charge in [-0.2, -0.15) is 0 Å². The maximum atomic E-state index is 11.8. The molecule has 2 aromatic carbocycles. The summed E-state index contributed by atoms with van der Waals surface area (Å²) in [5.74, 6) is 0.213. The van der Waals surface area contributed by atoms with Crippen molar-refractivity contribution in [3.63, 3.8) is 0 Å². The van der Waals surface area contributed by atoms with E-state index < -0.39 is 0 Å². The zero-order valence-corrected chi connectivity index (χ0v) is 13.7. The van der Waals surface area contributed by atoms with Gasteiger partial charge in [0.05, 0.1) is 0 Å². The first-order valence-electron chi connectivity index (χ1n) is 8.19. The molecule has 0 unspecified atom stereocenters. The molecule has 2 N–H and O–H groups in total. The third-order valence-electron chi connectivity index (χ3n) is 4.68. The number of fused-ring (bicyclic) bond motifs is 1. The zero-order chi connectivity index (χ0) is 16.2. The van der Waals surface area contributed by atoms with Gasteiger partial charge in [-0.05, 0) is 36.1 Å². The molecule has 1 atom stereocenters. The molecule has 2 aromatic rings. The highest BCUT2D eigenvalue weighted by molar-refractivity contribution is 5.86. The Hall–Kier alpha value is -1.91. The summed E-state index contributed by atoms with van der Waals surface area (Å²) < 4.78 is 4.87. The fourth-order valence-electron chi connectivity index (χ4n) is 3.33. The molecular formula is C19H24N2O2. The van der Waals surface area contributed by atoms with Gasteiger partial charge in [0, 0.05) is 25.1 Å². The molecule has 0 heterocycles. The number of amides is 1. The van der Waals surface area contributed by atoms with E-state index in [2.05, 4.69) is 60.0 Å². The number of rotatable bonds is 6. The SMILES string of the molecule is COCNC(=O)C1CC(N[C@H](C)c2cccc3ccccc23)C1. The van der Waals surface area contributed by atoms with E-state index in [1.54, 1.807) is 7.11 Å². The summed E-state index contributed by atoms with van der Waals surface area (Å²) in [6.45, 7) is 2.49. The first kappa shape index (κ1) is 16.0. The summed E-state index contributed by atoms with van der Waals surface area (Å²) in [5.41, 5.74) is 1.32. The molecule has 0 aromatic heterocycles. The van der Waals surface area contributed by atoms with Crippen LogP contribution in [0.3, 0.4) is 0 Å². The van der Waals surface area contributed by atoms with Crippen LogP contribution >= 0.6 is 0 Å². The number of methoxy groups -OCH3 is 1. The number of carbonyl (C=O) groups is 1. The number of benzene rings is 2. The predicted octanol–water partition coefficient (Wildman–Crippen LogP) is 2.99. The van der Waals surface area contributed by atoms with Gasteiger partial charge >= 0.3 is 0 Å². The number of hydrogen-bond donors (Lipinski definition) is 2. The van der Waals surface area contributed by atoms with Gasteiger partial charge in [-0.15, -0.1) is 0 Å². The van der Waals surface area contributed by atoms with Crippen molar-refractivity contribution in [2.24, 2.45) is 5.92 Å². The van der Waals surface area contributed by atoms with Crippen molar-refractivity contribution < 1.29 is 9.53 Å². The highest BCUT2D eigenvalue weighted by atomic mass is 16.5. The second kappa shape index (κ2) is 7.11. The molecule has 122 valence electrons. The summed E-state index contributed by atoms with van der Waals surface area (Å²) in [6.07, 6.45) is 1.79. The van der Waals surface area contributed by atoms with Gasteiger partial charge in [0.15, 0.2) is 0 Å². The van der Waals surface area contributed by atoms with Crippen molar-refractivity contribution >= 4 is 16.7 Å². The molecule has 0 saturated heterocycles. The number of ether oxygens (including phenoxy) is 1. The molecule has 4 heteroatoms. The lowest BCUT2D eigenvalue weighted by atomic mass is 9.79. The molecule has 1 aliphatic rings. The van der Waals surface area contributed by atoms with Crippen LogP contribution in [-0.2, 0) is 9.53 Å². The van der Waals surface area contributed by atoms with E-state index in [0.29, 0.717) is 12.8 Å². The maximum absolute atomic E-state index is 11.8. The summed E-state index contributed by atoms with van der Waals surface area (Å²) in [7, 11) is 1.58. The number of carbonyl (C=O) groups excluding carboxylic acids is 1. The molecule has 23 heavy (non-hydrogen) atoms. The quantitative estimate of drug-likeness (QED) is 0.806. The lowest BCUT2D eigenvalue weighted by Crippen LogP contribution is -2.48. The Morgan fingerprint density at radius 1 is 1.22 bits per heavy atom. The van der Waals surface area contributed by atoms with E-state index in [0.717, 1.165) is 12.8 Å². The Balaban J connectivity index is 1.58. The molecule has 1 saturated carbocycles. The van der Waals surface area contributed by atoms with Gasteiger partial charge in [-0.25, -0.2) is 0 Å². The third-order valence-corrected chi connectivity index (χ3v) is 4.68. The van der Waals surface area contributed by atoms with Crippen LogP contribution in [-0.4, -0.2) is 25.8 Å². The van der Waals surface area contributed by atoms with Crippen LogP contribution in [0.4, 0.5) is 0 Å². The van der Waals surface area contributed by atoms with Crippen LogP contribution in [0.25, 0.3) is 10.8 Å². The molecule has 0 spiro atoms. The van der Waals surface area contributed by atoms with Crippen molar-refractivity contribution in [1.29, 1.82) is 0 Å². The van der Waals surface area contributed by atoms with Gasteiger partial charge in [0.2, 0.25) is 5.91 Å². The summed E-state index contributed by atoms with van der Waals surface area (Å²) in [5, 5.41) is 8.99. The number of nitrogens with one attached hydrogen (secondary N) is 2. The van der Waals surface area contributed by atoms with Crippen LogP contribution in [0, 0.1) is 5.92 Å². The first-order valence-corrected chi connectivity index (χ1v) is 8.19. The molecule has 1 aliphatic carbocycles. The van der Waals surface area contributed by atoms with E-state index >= 15 is 0 Å². The van der Waals surface area contributed by atoms with Crippen molar-refractivity contribution in [3.05, 3.63) is 48.0 Å². The lowest BCUT2D eigenvalue weighted by Gasteiger charge is -2.37. The van der Waals surface area contributed by atoms with E-state index in [4.69, 9.17) is 4.74 Å². The van der Waals surface area contributed by atoms with Gasteiger partial charge in [0.25, 0.3) is 0 Å². The van der Waals surface area contributed by atoms with Gasteiger partial charge in [0.1, 0.15) is 6.73 Å². The van der Waals surface area contributed by atoms with E-state index in [9.17, 15) is 4.79 Å². The minimum atomic E-state index is 0.0997. The highest BCUT2D eigenvalue weighted by Crippen LogP contribution is 2.31. The van der Waals surface area contributed by atoms with Crippen LogP contribution < -0.4 is 10.6 Å². The normalized spacial score (nSPS) is 21.7. The average molecular weight is 312 g/mol. The molecular weight excluding hydrogens is 288 g/mol. The third kappa shape index (κ3) is 3.54. The highest BCUT2D eigenvalue weighted by Gasteiger charge is 2.35. The second-order valence-electron chi connectivity index (χ2n) is 6.30. The van der Waals surface area contributed by atoms with Crippen molar-refractivity contribution in [2.75, 3.05) is 13.8 Å². The standard InChI is InChI=1S/C19H24N2O2/c1-13(17-9-5-7-14-6-3-4-8-18(14)17)21-16-10-15(11-16)19(22)20-12-23-2/h3-9,13,15-16,21H,10-12H2,1-2H3,(H,20,22)/t13-,15?,16?/m1/s1. The minimum Gasteiger partial charge on any atom is -0.364 e. The Morgan fingerprint density at radius 2 is 1.96 bits per heavy atom. The largest absolute Gasteiger partial charge is 0.364 e. The minimum absolute atomic E-state index is 0.0997.